The first-order chi connectivity index (χ1) is 16.0. The average molecular weight is 463 g/mol. The van der Waals surface area contributed by atoms with Crippen LogP contribution in [0.1, 0.15) is 17.0 Å². The first kappa shape index (κ1) is 22.2. The number of benzene rings is 2. The van der Waals surface area contributed by atoms with E-state index in [-0.39, 0.29) is 18.9 Å². The minimum Gasteiger partial charge on any atom is -0.404 e. The van der Waals surface area contributed by atoms with Gasteiger partial charge in [0.05, 0.1) is 13.0 Å². The zero-order valence-corrected chi connectivity index (χ0v) is 18.2. The van der Waals surface area contributed by atoms with E-state index in [0.29, 0.717) is 27.8 Å². The summed E-state index contributed by atoms with van der Waals surface area (Å²) in [5.74, 6) is -0.361. The van der Waals surface area contributed by atoms with Crippen molar-refractivity contribution in [1.82, 2.24) is 14.6 Å². The van der Waals surface area contributed by atoms with Crippen molar-refractivity contribution in [2.45, 2.75) is 13.0 Å². The second-order valence-corrected chi connectivity index (χ2v) is 7.73. The van der Waals surface area contributed by atoms with Gasteiger partial charge in [-0.1, -0.05) is 35.9 Å². The van der Waals surface area contributed by atoms with Crippen molar-refractivity contribution in [2.24, 2.45) is 5.73 Å². The summed E-state index contributed by atoms with van der Waals surface area (Å²) in [4.78, 5) is 15.0. The smallest absolute Gasteiger partial charge is 0.234 e. The molecule has 33 heavy (non-hydrogen) atoms. The number of rotatable bonds is 7. The van der Waals surface area contributed by atoms with E-state index in [1.54, 1.807) is 41.3 Å². The van der Waals surface area contributed by atoms with Crippen molar-refractivity contribution < 1.29 is 9.18 Å². The van der Waals surface area contributed by atoms with Crippen molar-refractivity contribution in [1.29, 1.82) is 5.41 Å². The molecule has 166 valence electrons. The van der Waals surface area contributed by atoms with Crippen LogP contribution in [-0.4, -0.2) is 26.7 Å². The molecule has 2 heterocycles. The normalized spacial score (nSPS) is 11.5. The number of aromatic nitrogens is 3. The summed E-state index contributed by atoms with van der Waals surface area (Å²) in [5.41, 5.74) is 8.84. The molecule has 7 nitrogen and oxygen atoms in total. The monoisotopic (exact) mass is 462 g/mol. The van der Waals surface area contributed by atoms with Gasteiger partial charge in [-0.2, -0.15) is 0 Å². The molecule has 0 atom stereocenters. The van der Waals surface area contributed by atoms with E-state index in [9.17, 15) is 9.18 Å². The van der Waals surface area contributed by atoms with Crippen LogP contribution in [0.2, 0.25) is 5.02 Å². The number of hydrogen-bond donors (Lipinski definition) is 2. The summed E-state index contributed by atoms with van der Waals surface area (Å²) < 4.78 is 15.2. The maximum atomic E-state index is 13.7. The fourth-order valence-corrected chi connectivity index (χ4v) is 3.68. The van der Waals surface area contributed by atoms with Crippen LogP contribution < -0.4 is 10.6 Å². The molecule has 0 aliphatic carbocycles. The molecule has 0 spiro atoms. The molecule has 0 aliphatic heterocycles. The maximum absolute atomic E-state index is 13.7. The van der Waals surface area contributed by atoms with Crippen molar-refractivity contribution in [2.75, 3.05) is 4.90 Å². The van der Waals surface area contributed by atoms with E-state index in [0.717, 1.165) is 11.1 Å². The Morgan fingerprint density at radius 2 is 1.94 bits per heavy atom. The summed E-state index contributed by atoms with van der Waals surface area (Å²) in [7, 11) is 0. The van der Waals surface area contributed by atoms with E-state index in [4.69, 9.17) is 22.7 Å². The second-order valence-electron chi connectivity index (χ2n) is 7.29. The Morgan fingerprint density at radius 3 is 2.64 bits per heavy atom. The van der Waals surface area contributed by atoms with Crippen molar-refractivity contribution in [3.05, 3.63) is 101 Å². The lowest BCUT2D eigenvalue weighted by molar-refractivity contribution is -0.118. The van der Waals surface area contributed by atoms with E-state index in [1.807, 2.05) is 12.1 Å². The van der Waals surface area contributed by atoms with Crippen LogP contribution in [0.15, 0.2) is 73.1 Å². The van der Waals surface area contributed by atoms with Gasteiger partial charge in [0.25, 0.3) is 0 Å². The van der Waals surface area contributed by atoms with Gasteiger partial charge in [-0.15, -0.1) is 10.2 Å². The van der Waals surface area contributed by atoms with E-state index >= 15 is 0 Å². The zero-order valence-electron chi connectivity index (χ0n) is 17.5. The number of allylic oxidation sites excluding steroid dienone is 1. The fourth-order valence-electron chi connectivity index (χ4n) is 3.47. The zero-order chi connectivity index (χ0) is 23.4. The van der Waals surface area contributed by atoms with Crippen LogP contribution in [0.4, 0.5) is 10.1 Å². The van der Waals surface area contributed by atoms with Crippen LogP contribution in [0, 0.1) is 11.2 Å². The molecule has 0 fully saturated rings. The van der Waals surface area contributed by atoms with E-state index in [2.05, 4.69) is 10.2 Å². The third-order valence-electron chi connectivity index (χ3n) is 5.12. The summed E-state index contributed by atoms with van der Waals surface area (Å²) in [5, 5.41) is 16.1. The predicted octanol–water partition coefficient (Wildman–Crippen LogP) is 4.25. The van der Waals surface area contributed by atoms with Crippen molar-refractivity contribution in [3.8, 4) is 0 Å². The maximum Gasteiger partial charge on any atom is 0.234 e. The first-order valence-electron chi connectivity index (χ1n) is 10.1. The van der Waals surface area contributed by atoms with Gasteiger partial charge in [0, 0.05) is 34.9 Å². The van der Waals surface area contributed by atoms with Gasteiger partial charge in [-0.3, -0.25) is 9.20 Å². The Bertz CT molecular complexity index is 1350. The molecule has 1 amide bonds. The molecule has 3 N–H and O–H groups in total. The molecule has 0 unspecified atom stereocenters. The number of nitrogens with one attached hydrogen (secondary N) is 1. The quantitative estimate of drug-likeness (QED) is 0.401. The molecule has 0 bridgehead atoms. The van der Waals surface area contributed by atoms with Gasteiger partial charge in [0.1, 0.15) is 11.6 Å². The summed E-state index contributed by atoms with van der Waals surface area (Å²) >= 11 is 6.14. The van der Waals surface area contributed by atoms with E-state index < -0.39 is 5.82 Å². The lowest BCUT2D eigenvalue weighted by Crippen LogP contribution is -2.32. The SMILES string of the molecule is N=C/C(=C\N)c1ccc(N(Cc2cccc(Cl)c2)C(=O)Cc2nnc3ccc(F)cn23)cc1. The number of nitrogens with zero attached hydrogens (tertiary/aromatic N) is 4. The molecule has 0 saturated heterocycles. The number of carbonyl (C=O) groups excluding carboxylic acids is 1. The Balaban J connectivity index is 1.67. The molecule has 0 radical (unpaired) electrons. The third kappa shape index (κ3) is 4.91. The van der Waals surface area contributed by atoms with Crippen LogP contribution >= 0.6 is 11.6 Å². The number of halogens is 2. The van der Waals surface area contributed by atoms with Gasteiger partial charge in [0.15, 0.2) is 5.65 Å². The highest BCUT2D eigenvalue weighted by molar-refractivity contribution is 6.30. The Labute approximate surface area is 194 Å². The molecule has 9 heteroatoms. The van der Waals surface area contributed by atoms with Crippen LogP contribution in [-0.2, 0) is 17.8 Å². The lowest BCUT2D eigenvalue weighted by atomic mass is 10.1. The highest BCUT2D eigenvalue weighted by atomic mass is 35.5. The molecule has 4 rings (SSSR count). The largest absolute Gasteiger partial charge is 0.404 e. The fraction of sp³-hybridized carbons (Fsp3) is 0.0833. The van der Waals surface area contributed by atoms with Gasteiger partial charge in [-0.25, -0.2) is 4.39 Å². The molecular weight excluding hydrogens is 443 g/mol. The highest BCUT2D eigenvalue weighted by Gasteiger charge is 2.20. The summed E-state index contributed by atoms with van der Waals surface area (Å²) in [6.07, 6.45) is 3.69. The van der Waals surface area contributed by atoms with Crippen molar-refractivity contribution >= 4 is 40.6 Å². The van der Waals surface area contributed by atoms with Crippen LogP contribution in [0.3, 0.4) is 0 Å². The number of amides is 1. The molecule has 0 aliphatic rings. The van der Waals surface area contributed by atoms with Gasteiger partial charge >= 0.3 is 0 Å². The van der Waals surface area contributed by atoms with Gasteiger partial charge in [0.2, 0.25) is 5.91 Å². The Kier molecular flexibility index (Phi) is 6.46. The van der Waals surface area contributed by atoms with E-state index in [1.165, 1.54) is 35.1 Å². The number of pyridine rings is 1. The number of fused-ring (bicyclic) bond motifs is 1. The molecule has 4 aromatic rings. The average Bonchev–Trinajstić information content (AvgIpc) is 3.20. The van der Waals surface area contributed by atoms with Gasteiger partial charge in [-0.05, 0) is 47.5 Å². The highest BCUT2D eigenvalue weighted by Crippen LogP contribution is 2.23. The van der Waals surface area contributed by atoms with Crippen LogP contribution in [0.25, 0.3) is 11.2 Å². The number of nitrogens with two attached hydrogens (primary N) is 1. The standard InChI is InChI=1S/C24H20ClFN6O/c25-19-3-1-2-16(10-19)14-31(21-7-4-17(5-8-21)18(12-27)13-28)24(33)11-23-30-29-22-9-6-20(26)15-32(22)23/h1-10,12-13,15,27H,11,14,28H2/b18-13+,27-12?. The number of anilines is 1. The Morgan fingerprint density at radius 1 is 1.15 bits per heavy atom. The Hall–Kier alpha value is -4.04. The van der Waals surface area contributed by atoms with Crippen LogP contribution in [0.5, 0.6) is 0 Å². The summed E-state index contributed by atoms with van der Waals surface area (Å²) in [6.45, 7) is 0.272. The third-order valence-corrected chi connectivity index (χ3v) is 5.36. The lowest BCUT2D eigenvalue weighted by Gasteiger charge is -2.23. The predicted molar refractivity (Wildman–Crippen MR) is 127 cm³/mol. The minimum atomic E-state index is -0.447. The molecule has 2 aromatic carbocycles. The first-order valence-corrected chi connectivity index (χ1v) is 10.4. The molecule has 0 saturated carbocycles. The molecular formula is C24H20ClFN6O. The minimum absolute atomic E-state index is 0.0820. The van der Waals surface area contributed by atoms with Crippen molar-refractivity contribution in [3.63, 3.8) is 0 Å². The summed E-state index contributed by atoms with van der Waals surface area (Å²) in [6, 6.07) is 17.2. The number of carbonyl (C=O) groups is 1. The second kappa shape index (κ2) is 9.62. The van der Waals surface area contributed by atoms with Gasteiger partial charge < -0.3 is 16.0 Å². The topological polar surface area (TPSA) is 100 Å². The number of hydrogen-bond acceptors (Lipinski definition) is 5. The molecule has 2 aromatic heterocycles.